The SMILES string of the molecule is CCc1ccc([C@@H](C)NC(=O)COC(=O)CCCc2nc3ccccc3s2)cc1. The highest BCUT2D eigenvalue weighted by molar-refractivity contribution is 7.18. The van der Waals surface area contributed by atoms with Crippen molar-refractivity contribution in [3.63, 3.8) is 0 Å². The van der Waals surface area contributed by atoms with E-state index in [4.69, 9.17) is 4.74 Å². The van der Waals surface area contributed by atoms with Crippen LogP contribution < -0.4 is 5.32 Å². The molecule has 3 rings (SSSR count). The second-order valence-electron chi connectivity index (χ2n) is 6.97. The van der Waals surface area contributed by atoms with Crippen LogP contribution in [0.25, 0.3) is 10.2 Å². The van der Waals surface area contributed by atoms with Crippen molar-refractivity contribution in [1.29, 1.82) is 0 Å². The zero-order valence-electron chi connectivity index (χ0n) is 16.8. The summed E-state index contributed by atoms with van der Waals surface area (Å²) in [4.78, 5) is 28.5. The van der Waals surface area contributed by atoms with Crippen molar-refractivity contribution >= 4 is 33.4 Å². The van der Waals surface area contributed by atoms with E-state index in [9.17, 15) is 9.59 Å². The Hall–Kier alpha value is -2.73. The van der Waals surface area contributed by atoms with E-state index in [0.717, 1.165) is 33.6 Å². The Labute approximate surface area is 175 Å². The lowest BCUT2D eigenvalue weighted by molar-refractivity contribution is -0.148. The second-order valence-corrected chi connectivity index (χ2v) is 8.09. The van der Waals surface area contributed by atoms with Crippen molar-refractivity contribution in [1.82, 2.24) is 10.3 Å². The van der Waals surface area contributed by atoms with Crippen molar-refractivity contribution in [3.8, 4) is 0 Å². The highest BCUT2D eigenvalue weighted by Crippen LogP contribution is 2.22. The van der Waals surface area contributed by atoms with Gasteiger partial charge < -0.3 is 10.1 Å². The molecule has 0 aliphatic carbocycles. The molecule has 0 saturated carbocycles. The zero-order valence-corrected chi connectivity index (χ0v) is 17.6. The number of nitrogens with one attached hydrogen (secondary N) is 1. The van der Waals surface area contributed by atoms with E-state index in [2.05, 4.69) is 29.4 Å². The van der Waals surface area contributed by atoms with Gasteiger partial charge in [-0.25, -0.2) is 4.98 Å². The molecule has 0 bridgehead atoms. The number of hydrogen-bond donors (Lipinski definition) is 1. The van der Waals surface area contributed by atoms with Crippen molar-refractivity contribution in [2.24, 2.45) is 0 Å². The maximum Gasteiger partial charge on any atom is 0.306 e. The monoisotopic (exact) mass is 410 g/mol. The van der Waals surface area contributed by atoms with Gasteiger partial charge in [-0.2, -0.15) is 0 Å². The van der Waals surface area contributed by atoms with E-state index in [1.165, 1.54) is 5.56 Å². The fourth-order valence-electron chi connectivity index (χ4n) is 3.04. The molecule has 6 heteroatoms. The van der Waals surface area contributed by atoms with Crippen LogP contribution in [0.4, 0.5) is 0 Å². The molecular formula is C23H26N2O3S. The molecule has 0 spiro atoms. The maximum atomic E-state index is 12.1. The summed E-state index contributed by atoms with van der Waals surface area (Å²) < 4.78 is 6.26. The molecule has 0 fully saturated rings. The number of aromatic nitrogens is 1. The molecule has 2 aromatic carbocycles. The van der Waals surface area contributed by atoms with Gasteiger partial charge in [0, 0.05) is 6.42 Å². The number of thiazole rings is 1. The number of carbonyl (C=O) groups excluding carboxylic acids is 2. The molecule has 0 radical (unpaired) electrons. The van der Waals surface area contributed by atoms with E-state index in [1.54, 1.807) is 11.3 Å². The number of amides is 1. The van der Waals surface area contributed by atoms with Crippen LogP contribution in [0.15, 0.2) is 48.5 Å². The van der Waals surface area contributed by atoms with Gasteiger partial charge >= 0.3 is 5.97 Å². The molecular weight excluding hydrogens is 384 g/mol. The summed E-state index contributed by atoms with van der Waals surface area (Å²) >= 11 is 1.65. The van der Waals surface area contributed by atoms with Crippen LogP contribution in [0.1, 0.15) is 48.9 Å². The molecule has 1 heterocycles. The molecule has 152 valence electrons. The summed E-state index contributed by atoms with van der Waals surface area (Å²) in [5, 5.41) is 3.87. The molecule has 1 amide bonds. The van der Waals surface area contributed by atoms with Crippen molar-refractivity contribution in [3.05, 3.63) is 64.7 Å². The van der Waals surface area contributed by atoms with E-state index >= 15 is 0 Å². The molecule has 5 nitrogen and oxygen atoms in total. The van der Waals surface area contributed by atoms with Gasteiger partial charge in [0.1, 0.15) is 0 Å². The van der Waals surface area contributed by atoms with Gasteiger partial charge in [-0.15, -0.1) is 11.3 Å². The number of esters is 1. The van der Waals surface area contributed by atoms with Crippen LogP contribution in [0.5, 0.6) is 0 Å². The van der Waals surface area contributed by atoms with Gasteiger partial charge in [-0.1, -0.05) is 43.3 Å². The van der Waals surface area contributed by atoms with Gasteiger partial charge in [0.25, 0.3) is 5.91 Å². The van der Waals surface area contributed by atoms with Crippen LogP contribution >= 0.6 is 11.3 Å². The summed E-state index contributed by atoms with van der Waals surface area (Å²) in [5.74, 6) is -0.655. The van der Waals surface area contributed by atoms with Crippen molar-refractivity contribution in [2.45, 2.75) is 45.6 Å². The molecule has 1 atom stereocenters. The molecule has 0 saturated heterocycles. The smallest absolute Gasteiger partial charge is 0.306 e. The van der Waals surface area contributed by atoms with E-state index in [1.807, 2.05) is 43.3 Å². The van der Waals surface area contributed by atoms with Crippen molar-refractivity contribution in [2.75, 3.05) is 6.61 Å². The molecule has 1 N–H and O–H groups in total. The molecule has 0 aliphatic heterocycles. The first-order valence-corrected chi connectivity index (χ1v) is 10.7. The van der Waals surface area contributed by atoms with Crippen LogP contribution in [-0.4, -0.2) is 23.5 Å². The number of para-hydroxylation sites is 1. The first kappa shape index (κ1) is 21.0. The lowest BCUT2D eigenvalue weighted by atomic mass is 10.1. The number of ether oxygens (including phenoxy) is 1. The highest BCUT2D eigenvalue weighted by atomic mass is 32.1. The standard InChI is InChI=1S/C23H26N2O3S/c1-3-17-11-13-18(14-12-17)16(2)24-21(26)15-28-23(27)10-6-9-22-25-19-7-4-5-8-20(19)29-22/h4-5,7-8,11-14,16H,3,6,9-10,15H2,1-2H3,(H,24,26)/t16-/m1/s1. The number of benzene rings is 2. The van der Waals surface area contributed by atoms with Crippen molar-refractivity contribution < 1.29 is 14.3 Å². The fraction of sp³-hybridized carbons (Fsp3) is 0.348. The number of carbonyl (C=O) groups is 2. The lowest BCUT2D eigenvalue weighted by Crippen LogP contribution is -2.31. The van der Waals surface area contributed by atoms with Crippen LogP contribution in [0.3, 0.4) is 0 Å². The predicted octanol–water partition coefficient (Wildman–Crippen LogP) is 4.60. The Morgan fingerprint density at radius 1 is 1.14 bits per heavy atom. The summed E-state index contributed by atoms with van der Waals surface area (Å²) in [6.07, 6.45) is 2.64. The quantitative estimate of drug-likeness (QED) is 0.524. The van der Waals surface area contributed by atoms with Gasteiger partial charge in [-0.3, -0.25) is 9.59 Å². The topological polar surface area (TPSA) is 68.3 Å². The Morgan fingerprint density at radius 2 is 1.90 bits per heavy atom. The first-order valence-electron chi connectivity index (χ1n) is 9.93. The first-order chi connectivity index (χ1) is 14.0. The molecule has 1 aromatic heterocycles. The van der Waals surface area contributed by atoms with Gasteiger partial charge in [0.15, 0.2) is 6.61 Å². The minimum atomic E-state index is -0.360. The molecule has 29 heavy (non-hydrogen) atoms. The largest absolute Gasteiger partial charge is 0.456 e. The van der Waals surface area contributed by atoms with Gasteiger partial charge in [0.05, 0.1) is 21.3 Å². The Morgan fingerprint density at radius 3 is 2.62 bits per heavy atom. The molecule has 0 aliphatic rings. The summed E-state index contributed by atoms with van der Waals surface area (Å²) in [7, 11) is 0. The third kappa shape index (κ3) is 6.12. The number of aryl methyl sites for hydroxylation is 2. The molecule has 3 aromatic rings. The Balaban J connectivity index is 1.36. The third-order valence-electron chi connectivity index (χ3n) is 4.74. The summed E-state index contributed by atoms with van der Waals surface area (Å²) in [6, 6.07) is 16.0. The average molecular weight is 411 g/mol. The normalized spacial score (nSPS) is 11.9. The minimum absolute atomic E-state index is 0.133. The van der Waals surface area contributed by atoms with E-state index in [-0.39, 0.29) is 30.9 Å². The third-order valence-corrected chi connectivity index (χ3v) is 5.84. The fourth-order valence-corrected chi connectivity index (χ4v) is 4.05. The number of fused-ring (bicyclic) bond motifs is 1. The summed E-state index contributed by atoms with van der Waals surface area (Å²) in [5.41, 5.74) is 3.27. The lowest BCUT2D eigenvalue weighted by Gasteiger charge is -2.15. The van der Waals surface area contributed by atoms with E-state index < -0.39 is 0 Å². The van der Waals surface area contributed by atoms with Gasteiger partial charge in [-0.05, 0) is 49.4 Å². The molecule has 0 unspecified atom stereocenters. The minimum Gasteiger partial charge on any atom is -0.456 e. The average Bonchev–Trinajstić information content (AvgIpc) is 3.15. The van der Waals surface area contributed by atoms with E-state index in [0.29, 0.717) is 6.42 Å². The van der Waals surface area contributed by atoms with Crippen LogP contribution in [0.2, 0.25) is 0 Å². The highest BCUT2D eigenvalue weighted by Gasteiger charge is 2.12. The Bertz CT molecular complexity index is 933. The maximum absolute atomic E-state index is 12.1. The number of nitrogens with zero attached hydrogens (tertiary/aromatic N) is 1. The second kappa shape index (κ2) is 10.2. The zero-order chi connectivity index (χ0) is 20.6. The summed E-state index contributed by atoms with van der Waals surface area (Å²) in [6.45, 7) is 3.77. The number of rotatable bonds is 9. The van der Waals surface area contributed by atoms with Gasteiger partial charge in [0.2, 0.25) is 0 Å². The van der Waals surface area contributed by atoms with Crippen LogP contribution in [-0.2, 0) is 27.2 Å². The number of hydrogen-bond acceptors (Lipinski definition) is 5. The Kier molecular flexibility index (Phi) is 7.36. The van der Waals surface area contributed by atoms with Crippen LogP contribution in [0, 0.1) is 0 Å². The predicted molar refractivity (Wildman–Crippen MR) is 116 cm³/mol.